The molecule has 3 atom stereocenters. The Labute approximate surface area is 536 Å². The Balaban J connectivity index is 0.000000224. The minimum Gasteiger partial charge on any atom is -0.465 e. The number of benzene rings is 3. The van der Waals surface area contributed by atoms with Crippen molar-refractivity contribution in [2.75, 3.05) is 106 Å². The number of hydrogen-bond acceptors (Lipinski definition) is 19. The maximum atomic E-state index is 12.2. The van der Waals surface area contributed by atoms with Crippen molar-refractivity contribution in [1.29, 1.82) is 0 Å². The van der Waals surface area contributed by atoms with Crippen molar-refractivity contribution in [3.63, 3.8) is 0 Å². The van der Waals surface area contributed by atoms with Crippen LogP contribution in [0.2, 0.25) is 0 Å². The first-order valence-corrected chi connectivity index (χ1v) is 33.3. The van der Waals surface area contributed by atoms with E-state index in [2.05, 4.69) is 66.8 Å². The highest BCUT2D eigenvalue weighted by Gasteiger charge is 2.35. The van der Waals surface area contributed by atoms with E-state index in [0.29, 0.717) is 55.0 Å². The van der Waals surface area contributed by atoms with Crippen LogP contribution in [0.1, 0.15) is 183 Å². The van der Waals surface area contributed by atoms with Crippen LogP contribution in [-0.2, 0) is 53.0 Å². The Morgan fingerprint density at radius 2 is 0.733 bits per heavy atom. The average Bonchev–Trinajstić information content (AvgIpc) is 2.04. The van der Waals surface area contributed by atoms with Crippen LogP contribution in [0, 0.1) is 0 Å². The van der Waals surface area contributed by atoms with Gasteiger partial charge >= 0.3 is 23.9 Å². The van der Waals surface area contributed by atoms with Crippen molar-refractivity contribution in [2.45, 2.75) is 173 Å². The molecule has 498 valence electrons. The molecular weight excluding hydrogens is 1140 g/mol. The molecule has 0 radical (unpaired) electrons. The number of ether oxygens (including phenoxy) is 4. The standard InChI is InChI=1S/C24H34N2O4.C21H32N2O3.C16H22N2O2.C6H14O2.C4H4O2/c1-2-23(27)29-17-5-3-4-6-18-30-24(28)21-12-10-20(11-13-21)19-26-16-8-15-25-14-7-9-22(25)26;24-15-3-1-2-4-16-26-21(25)19-10-8-18(9-11-19)17-23-14-6-13-22-12-5-7-20(22)23;1-20-16(19)14-7-5-13(6-8-14)12-18-11-3-10-17-9-2-4-15(17)18;7-5-3-1-2-4-6-8;1-2-4(6)3-5/h2,10-13,22H,1,3-9,14-19H2;8-11,20,24H,1-7,12-17H2;5-8,15H,2-4,9-12H2,1H3;7-8H,1-6H2;2-3H,1H2. The fraction of sp³-hybridized carbons (Fsp3) is 0.606. The molecule has 3 aromatic rings. The zero-order valence-corrected chi connectivity index (χ0v) is 54.0. The molecular formula is C71H106N6O13. The van der Waals surface area contributed by atoms with E-state index in [1.165, 1.54) is 140 Å². The summed E-state index contributed by atoms with van der Waals surface area (Å²) in [6, 6.07) is 23.6. The lowest BCUT2D eigenvalue weighted by Crippen LogP contribution is -2.49. The quantitative estimate of drug-likeness (QED) is 0.0141. The summed E-state index contributed by atoms with van der Waals surface area (Å²) in [6.07, 6.45) is 26.7. The third-order valence-corrected chi connectivity index (χ3v) is 17.2. The van der Waals surface area contributed by atoms with E-state index in [4.69, 9.17) is 34.3 Å². The Bertz CT molecular complexity index is 2540. The third kappa shape index (κ3) is 27.4. The first-order valence-electron chi connectivity index (χ1n) is 33.3. The van der Waals surface area contributed by atoms with Gasteiger partial charge in [-0.3, -0.25) is 39.0 Å². The summed E-state index contributed by atoms with van der Waals surface area (Å²) in [7, 11) is 1.42. The minimum absolute atomic E-state index is 0.215. The van der Waals surface area contributed by atoms with E-state index in [-0.39, 0.29) is 50.0 Å². The largest absolute Gasteiger partial charge is 0.465 e. The summed E-state index contributed by atoms with van der Waals surface area (Å²) < 4.78 is 20.4. The molecule has 3 N–H and O–H groups in total. The molecule has 0 spiro atoms. The Morgan fingerprint density at radius 1 is 0.422 bits per heavy atom. The molecule has 6 fully saturated rings. The van der Waals surface area contributed by atoms with Crippen LogP contribution in [0.25, 0.3) is 0 Å². The van der Waals surface area contributed by atoms with Crippen molar-refractivity contribution in [2.24, 2.45) is 0 Å². The molecule has 6 heterocycles. The molecule has 0 saturated carbocycles. The van der Waals surface area contributed by atoms with E-state index < -0.39 is 5.78 Å². The average molecular weight is 1250 g/mol. The molecule has 3 unspecified atom stereocenters. The zero-order chi connectivity index (χ0) is 64.6. The predicted molar refractivity (Wildman–Crippen MR) is 349 cm³/mol. The second-order valence-corrected chi connectivity index (χ2v) is 23.8. The maximum absolute atomic E-state index is 12.2. The Kier molecular flexibility index (Phi) is 36.9. The molecule has 19 nitrogen and oxygen atoms in total. The summed E-state index contributed by atoms with van der Waals surface area (Å²) in [5, 5.41) is 25.3. The van der Waals surface area contributed by atoms with E-state index in [9.17, 15) is 28.8 Å². The lowest BCUT2D eigenvalue weighted by atomic mass is 10.1. The van der Waals surface area contributed by atoms with Crippen LogP contribution in [0.5, 0.6) is 0 Å². The summed E-state index contributed by atoms with van der Waals surface area (Å²) in [4.78, 5) is 81.2. The topological polar surface area (TPSA) is 219 Å². The summed E-state index contributed by atoms with van der Waals surface area (Å²) in [6.45, 7) is 22.3. The first kappa shape index (κ1) is 74.7. The number of rotatable bonds is 30. The molecule has 19 heteroatoms. The highest BCUT2D eigenvalue weighted by molar-refractivity contribution is 6.30. The van der Waals surface area contributed by atoms with E-state index in [1.54, 1.807) is 0 Å². The first-order chi connectivity index (χ1) is 43.9. The number of fused-ring (bicyclic) bond motifs is 3. The highest BCUT2D eigenvalue weighted by atomic mass is 16.5. The van der Waals surface area contributed by atoms with Crippen LogP contribution in [0.4, 0.5) is 0 Å². The molecule has 6 saturated heterocycles. The normalized spacial score (nSPS) is 19.0. The third-order valence-electron chi connectivity index (χ3n) is 17.2. The van der Waals surface area contributed by atoms with Crippen LogP contribution in [-0.4, -0.2) is 205 Å². The molecule has 90 heavy (non-hydrogen) atoms. The van der Waals surface area contributed by atoms with Crippen molar-refractivity contribution in [3.8, 4) is 0 Å². The van der Waals surface area contributed by atoms with Gasteiger partial charge in [0.2, 0.25) is 5.78 Å². The Hall–Kier alpha value is -6.00. The Morgan fingerprint density at radius 3 is 1.02 bits per heavy atom. The van der Waals surface area contributed by atoms with Crippen LogP contribution in [0.3, 0.4) is 0 Å². The number of carbonyl (C=O) groups is 6. The molecule has 9 rings (SSSR count). The van der Waals surface area contributed by atoms with Gasteiger partial charge in [-0.2, -0.15) is 0 Å². The minimum atomic E-state index is -0.574. The summed E-state index contributed by atoms with van der Waals surface area (Å²) in [5.74, 6) is -1.72. The number of carbonyl (C=O) groups excluding carboxylic acids is 6. The number of hydrogen-bond donors (Lipinski definition) is 3. The number of ketones is 1. The van der Waals surface area contributed by atoms with Crippen molar-refractivity contribution >= 4 is 35.9 Å². The van der Waals surface area contributed by atoms with Gasteiger partial charge in [0.15, 0.2) is 6.29 Å². The molecule has 0 amide bonds. The van der Waals surface area contributed by atoms with Crippen LogP contribution in [0.15, 0.2) is 98.1 Å². The predicted octanol–water partition coefficient (Wildman–Crippen LogP) is 9.36. The van der Waals surface area contributed by atoms with Crippen molar-refractivity contribution in [3.05, 3.63) is 131 Å². The van der Waals surface area contributed by atoms with Gasteiger partial charge in [-0.1, -0.05) is 68.8 Å². The number of allylic oxidation sites excluding steroid dienone is 1. The number of esters is 4. The smallest absolute Gasteiger partial charge is 0.338 e. The lowest BCUT2D eigenvalue weighted by Gasteiger charge is -2.40. The van der Waals surface area contributed by atoms with Gasteiger partial charge in [-0.15, -0.1) is 0 Å². The second-order valence-electron chi connectivity index (χ2n) is 23.8. The number of methoxy groups -OCH3 is 1. The van der Waals surface area contributed by atoms with Gasteiger partial charge in [-0.25, -0.2) is 19.2 Å². The van der Waals surface area contributed by atoms with Crippen molar-refractivity contribution in [1.82, 2.24) is 29.4 Å². The van der Waals surface area contributed by atoms with Crippen LogP contribution < -0.4 is 0 Å². The fourth-order valence-corrected chi connectivity index (χ4v) is 12.4. The van der Waals surface area contributed by atoms with E-state index in [0.717, 1.165) is 109 Å². The number of unbranched alkanes of at least 4 members (excludes halogenated alkanes) is 9. The number of nitrogens with zero attached hydrogens (tertiary/aromatic N) is 6. The van der Waals surface area contributed by atoms with Crippen molar-refractivity contribution < 1.29 is 63.0 Å². The van der Waals surface area contributed by atoms with Gasteiger partial charge in [0.05, 0.1) is 62.1 Å². The number of aliphatic hydroxyl groups excluding tert-OH is 3. The molecule has 0 aromatic heterocycles. The maximum Gasteiger partial charge on any atom is 0.338 e. The van der Waals surface area contributed by atoms with Gasteiger partial charge in [-0.05, 0) is 194 Å². The van der Waals surface area contributed by atoms with Crippen LogP contribution >= 0.6 is 0 Å². The number of aldehydes is 1. The van der Waals surface area contributed by atoms with E-state index >= 15 is 0 Å². The molecule has 6 aliphatic heterocycles. The summed E-state index contributed by atoms with van der Waals surface area (Å²) in [5.41, 5.74) is 5.64. The lowest BCUT2D eigenvalue weighted by molar-refractivity contribution is -0.137. The van der Waals surface area contributed by atoms with Gasteiger partial charge in [0.1, 0.15) is 0 Å². The van der Waals surface area contributed by atoms with Gasteiger partial charge < -0.3 is 34.3 Å². The highest BCUT2D eigenvalue weighted by Crippen LogP contribution is 2.29. The molecule has 6 aliphatic rings. The molecule has 0 bridgehead atoms. The van der Waals surface area contributed by atoms with E-state index in [1.807, 2.05) is 48.5 Å². The van der Waals surface area contributed by atoms with Gasteiger partial charge in [0.25, 0.3) is 0 Å². The summed E-state index contributed by atoms with van der Waals surface area (Å²) >= 11 is 0. The molecule has 0 aliphatic carbocycles. The monoisotopic (exact) mass is 1250 g/mol. The SMILES string of the molecule is C=CC(=O)C=O.C=CC(=O)OCCCCCCOC(=O)c1ccc(CN2CCCN3CCCC32)cc1.COC(=O)c1ccc(CN2CCCN3CCCC32)cc1.O=C(OCCCCCCO)c1ccc(CN2CCCN3CCCC32)cc1.OCCCCCCO. The fourth-order valence-electron chi connectivity index (χ4n) is 12.4. The number of aliphatic hydroxyl groups is 3. The molecule has 3 aromatic carbocycles. The van der Waals surface area contributed by atoms with Gasteiger partial charge in [0, 0.05) is 84.8 Å². The second kappa shape index (κ2) is 44.5. The zero-order valence-electron chi connectivity index (χ0n) is 54.0.